The fourth-order valence-electron chi connectivity index (χ4n) is 1.90. The number of carbonyl (C=O) groups is 1. The first-order valence-corrected chi connectivity index (χ1v) is 9.00. The highest BCUT2D eigenvalue weighted by Gasteiger charge is 2.14. The van der Waals surface area contributed by atoms with Crippen LogP contribution in [-0.4, -0.2) is 16.1 Å². The first kappa shape index (κ1) is 17.9. The van der Waals surface area contributed by atoms with E-state index in [2.05, 4.69) is 15.5 Å². The number of nitrogens with one attached hydrogen (secondary N) is 1. The smallest absolute Gasteiger partial charge is 0.286 e. The van der Waals surface area contributed by atoms with Crippen LogP contribution in [0.25, 0.3) is 11.1 Å². The Kier molecular flexibility index (Phi) is 5.71. The van der Waals surface area contributed by atoms with E-state index in [-0.39, 0.29) is 10.9 Å². The summed E-state index contributed by atoms with van der Waals surface area (Å²) in [7, 11) is 0. The van der Waals surface area contributed by atoms with Crippen LogP contribution in [0, 0.1) is 0 Å². The summed E-state index contributed by atoms with van der Waals surface area (Å²) in [6.07, 6.45) is 1.74. The lowest BCUT2D eigenvalue weighted by atomic mass is 10.2. The van der Waals surface area contributed by atoms with E-state index in [0.29, 0.717) is 25.8 Å². The van der Waals surface area contributed by atoms with Crippen molar-refractivity contribution in [1.82, 2.24) is 10.2 Å². The summed E-state index contributed by atoms with van der Waals surface area (Å²) in [5, 5.41) is 12.9. The van der Waals surface area contributed by atoms with Gasteiger partial charge < -0.3 is 5.32 Å². The number of hydrogen-bond donors (Lipinski definition) is 1. The van der Waals surface area contributed by atoms with Crippen molar-refractivity contribution >= 4 is 68.8 Å². The fraction of sp³-hybridized carbons (Fsp3) is 0. The number of hydrogen-bond acceptors (Lipinski definition) is 4. The molecule has 0 bridgehead atoms. The van der Waals surface area contributed by atoms with E-state index in [1.165, 1.54) is 0 Å². The highest BCUT2D eigenvalue weighted by atomic mass is 35.5. The van der Waals surface area contributed by atoms with Crippen molar-refractivity contribution < 1.29 is 4.79 Å². The molecule has 0 unspecified atom stereocenters. The third-order valence-electron chi connectivity index (χ3n) is 3.09. The molecule has 0 aliphatic carbocycles. The molecule has 0 aliphatic rings. The lowest BCUT2D eigenvalue weighted by Gasteiger charge is -2.01. The summed E-state index contributed by atoms with van der Waals surface area (Å²) in [4.78, 5) is 12.2. The largest absolute Gasteiger partial charge is 0.320 e. The lowest BCUT2D eigenvalue weighted by molar-refractivity contribution is 0.102. The van der Waals surface area contributed by atoms with E-state index in [9.17, 15) is 4.79 Å². The van der Waals surface area contributed by atoms with Crippen LogP contribution in [0.2, 0.25) is 10.0 Å². The minimum atomic E-state index is -0.359. The van der Waals surface area contributed by atoms with E-state index >= 15 is 0 Å². The fourth-order valence-corrected chi connectivity index (χ4v) is 3.07. The van der Waals surface area contributed by atoms with Crippen LogP contribution in [0.15, 0.2) is 48.5 Å². The molecule has 0 aliphatic heterocycles. The Morgan fingerprint density at radius 1 is 0.920 bits per heavy atom. The van der Waals surface area contributed by atoms with Crippen LogP contribution < -0.4 is 5.32 Å². The number of anilines is 1. The second-order valence-corrected chi connectivity index (χ2v) is 7.17. The average Bonchev–Trinajstić information content (AvgIpc) is 3.09. The number of halogens is 3. The molecule has 1 amide bonds. The molecule has 126 valence electrons. The Balaban J connectivity index is 1.73. The highest BCUT2D eigenvalue weighted by molar-refractivity contribution is 7.15. The van der Waals surface area contributed by atoms with Crippen molar-refractivity contribution in [3.8, 4) is 0 Å². The van der Waals surface area contributed by atoms with Gasteiger partial charge in [0.15, 0.2) is 5.01 Å². The molecule has 2 aromatic carbocycles. The van der Waals surface area contributed by atoms with Gasteiger partial charge in [-0.1, -0.05) is 58.3 Å². The Labute approximate surface area is 163 Å². The molecular formula is C17H10Cl3N3OS. The van der Waals surface area contributed by atoms with Crippen LogP contribution in [0.4, 0.5) is 5.69 Å². The van der Waals surface area contributed by atoms with Crippen molar-refractivity contribution in [3.63, 3.8) is 0 Å². The number of rotatable bonds is 4. The molecule has 3 rings (SSSR count). The summed E-state index contributed by atoms with van der Waals surface area (Å²) < 4.78 is 0. The molecule has 1 aromatic heterocycles. The minimum Gasteiger partial charge on any atom is -0.320 e. The highest BCUT2D eigenvalue weighted by Crippen LogP contribution is 2.26. The maximum atomic E-state index is 12.2. The number of aromatic nitrogens is 2. The van der Waals surface area contributed by atoms with E-state index in [1.807, 2.05) is 12.1 Å². The Morgan fingerprint density at radius 2 is 1.48 bits per heavy atom. The third-order valence-corrected chi connectivity index (χ3v) is 4.95. The lowest BCUT2D eigenvalue weighted by Crippen LogP contribution is -2.11. The molecule has 0 saturated carbocycles. The maximum absolute atomic E-state index is 12.2. The molecule has 8 heteroatoms. The second kappa shape index (κ2) is 7.97. The van der Waals surface area contributed by atoms with Gasteiger partial charge in [-0.15, -0.1) is 10.2 Å². The maximum Gasteiger partial charge on any atom is 0.286 e. The van der Waals surface area contributed by atoms with Crippen LogP contribution in [0.5, 0.6) is 0 Å². The van der Waals surface area contributed by atoms with Crippen LogP contribution in [0.3, 0.4) is 0 Å². The average molecular weight is 411 g/mol. The summed E-state index contributed by atoms with van der Waals surface area (Å²) in [6.45, 7) is 0. The standard InChI is InChI=1S/C17H10Cl3N3OS/c18-11-3-1-10(2-4-11)9-14(20)16-22-23-17(25-16)15(24)21-13-7-5-12(19)6-8-13/h1-9H,(H,21,24)/b14-9-. The number of nitrogens with zero attached hydrogens (tertiary/aromatic N) is 2. The van der Waals surface area contributed by atoms with Gasteiger partial charge in [0.2, 0.25) is 5.01 Å². The Hall–Kier alpha value is -1.92. The van der Waals surface area contributed by atoms with Crippen LogP contribution in [0.1, 0.15) is 20.4 Å². The molecule has 4 nitrogen and oxygen atoms in total. The first-order valence-electron chi connectivity index (χ1n) is 7.05. The van der Waals surface area contributed by atoms with Crippen molar-refractivity contribution in [3.05, 3.63) is 74.2 Å². The topological polar surface area (TPSA) is 54.9 Å². The van der Waals surface area contributed by atoms with Gasteiger partial charge in [0.1, 0.15) is 0 Å². The summed E-state index contributed by atoms with van der Waals surface area (Å²) >= 11 is 19.0. The molecule has 0 fully saturated rings. The SMILES string of the molecule is O=C(Nc1ccc(Cl)cc1)c1nnc(/C(Cl)=C/c2ccc(Cl)cc2)s1. The van der Waals surface area contributed by atoms with E-state index in [0.717, 1.165) is 16.9 Å². The Bertz CT molecular complexity index is 921. The normalized spacial score (nSPS) is 11.4. The number of carbonyl (C=O) groups excluding carboxylic acids is 1. The van der Waals surface area contributed by atoms with Crippen molar-refractivity contribution in [2.75, 3.05) is 5.32 Å². The molecular weight excluding hydrogens is 401 g/mol. The second-order valence-electron chi connectivity index (χ2n) is 4.92. The molecule has 3 aromatic rings. The van der Waals surface area contributed by atoms with Gasteiger partial charge >= 0.3 is 0 Å². The number of amides is 1. The molecule has 0 spiro atoms. The van der Waals surface area contributed by atoms with Crippen molar-refractivity contribution in [2.45, 2.75) is 0 Å². The van der Waals surface area contributed by atoms with E-state index in [1.54, 1.807) is 42.5 Å². The molecule has 0 radical (unpaired) electrons. The van der Waals surface area contributed by atoms with Gasteiger partial charge in [-0.3, -0.25) is 4.79 Å². The predicted molar refractivity (Wildman–Crippen MR) is 104 cm³/mol. The molecule has 1 N–H and O–H groups in total. The summed E-state index contributed by atoms with van der Waals surface area (Å²) in [5.74, 6) is -0.359. The zero-order chi connectivity index (χ0) is 17.8. The third kappa shape index (κ3) is 4.80. The molecule has 0 saturated heterocycles. The molecule has 25 heavy (non-hydrogen) atoms. The molecule has 0 atom stereocenters. The quantitative estimate of drug-likeness (QED) is 0.588. The zero-order valence-electron chi connectivity index (χ0n) is 12.5. The molecule has 1 heterocycles. The number of benzene rings is 2. The van der Waals surface area contributed by atoms with Gasteiger partial charge in [-0.2, -0.15) is 0 Å². The monoisotopic (exact) mass is 409 g/mol. The van der Waals surface area contributed by atoms with Crippen LogP contribution >= 0.6 is 46.1 Å². The van der Waals surface area contributed by atoms with Crippen molar-refractivity contribution in [2.24, 2.45) is 0 Å². The zero-order valence-corrected chi connectivity index (χ0v) is 15.6. The van der Waals surface area contributed by atoms with Crippen LogP contribution in [-0.2, 0) is 0 Å². The van der Waals surface area contributed by atoms with Crippen molar-refractivity contribution in [1.29, 1.82) is 0 Å². The van der Waals surface area contributed by atoms with Gasteiger partial charge in [0.25, 0.3) is 5.91 Å². The van der Waals surface area contributed by atoms with Gasteiger partial charge in [0, 0.05) is 15.7 Å². The van der Waals surface area contributed by atoms with E-state index in [4.69, 9.17) is 34.8 Å². The van der Waals surface area contributed by atoms with Gasteiger partial charge in [0.05, 0.1) is 5.03 Å². The van der Waals surface area contributed by atoms with E-state index < -0.39 is 0 Å². The Morgan fingerprint density at radius 3 is 2.12 bits per heavy atom. The minimum absolute atomic E-state index is 0.215. The van der Waals surface area contributed by atoms with Gasteiger partial charge in [-0.05, 0) is 48.0 Å². The predicted octanol–water partition coefficient (Wildman–Crippen LogP) is 5.83. The first-order chi connectivity index (χ1) is 12.0. The van der Waals surface area contributed by atoms with Gasteiger partial charge in [-0.25, -0.2) is 0 Å². The summed E-state index contributed by atoms with van der Waals surface area (Å²) in [6, 6.07) is 14.0. The summed E-state index contributed by atoms with van der Waals surface area (Å²) in [5.41, 5.74) is 1.49.